The number of phenols is 1. The summed E-state index contributed by atoms with van der Waals surface area (Å²) in [4.78, 5) is 4.71. The van der Waals surface area contributed by atoms with Crippen molar-refractivity contribution < 1.29 is 26.0 Å². The predicted molar refractivity (Wildman–Crippen MR) is 86.0 cm³/mol. The molecule has 0 aromatic heterocycles. The Morgan fingerprint density at radius 2 is 1.90 bits per heavy atom. The summed E-state index contributed by atoms with van der Waals surface area (Å²) in [6.45, 7) is 1.92. The van der Waals surface area contributed by atoms with Crippen molar-refractivity contribution in [3.63, 3.8) is 0 Å². The van der Waals surface area contributed by atoms with Gasteiger partial charge < -0.3 is 5.11 Å². The van der Waals surface area contributed by atoms with E-state index in [1.807, 2.05) is 31.3 Å². The molecule has 3 aliphatic rings. The van der Waals surface area contributed by atoms with Crippen LogP contribution in [0.15, 0.2) is 23.2 Å². The van der Waals surface area contributed by atoms with E-state index in [0.29, 0.717) is 11.8 Å². The number of benzene rings is 1. The van der Waals surface area contributed by atoms with Crippen molar-refractivity contribution in [1.29, 1.82) is 0 Å². The Morgan fingerprint density at radius 1 is 1.19 bits per heavy atom. The molecule has 1 unspecified atom stereocenters. The van der Waals surface area contributed by atoms with Crippen LogP contribution in [0.3, 0.4) is 0 Å². The van der Waals surface area contributed by atoms with Gasteiger partial charge in [0.1, 0.15) is 5.75 Å². The number of halogens is 2. The molecule has 0 aliphatic heterocycles. The number of hydrogen-bond donors (Lipinski definition) is 1. The van der Waals surface area contributed by atoms with Crippen LogP contribution in [0, 0.1) is 18.8 Å². The molecule has 0 radical (unpaired) electrons. The molecule has 1 atom stereocenters. The third kappa shape index (κ3) is 5.08. The molecule has 0 saturated heterocycles. The molecule has 2 nitrogen and oxygen atoms in total. The number of rotatable bonds is 2. The third-order valence-corrected chi connectivity index (χ3v) is 4.54. The summed E-state index contributed by atoms with van der Waals surface area (Å²) in [5.41, 5.74) is 1.77. The van der Waals surface area contributed by atoms with Gasteiger partial charge in [0.05, 0.1) is 6.04 Å². The normalized spacial score (nSPS) is 27.3. The molecular formula is C16H21Cl2NOZr. The number of fused-ring (bicyclic) bond motifs is 3. The zero-order valence-corrected chi connectivity index (χ0v) is 16.2. The van der Waals surface area contributed by atoms with Gasteiger partial charge in [0.2, 0.25) is 0 Å². The van der Waals surface area contributed by atoms with Crippen molar-refractivity contribution in [3.8, 4) is 5.75 Å². The van der Waals surface area contributed by atoms with Gasteiger partial charge in [-0.05, 0) is 62.5 Å². The summed E-state index contributed by atoms with van der Waals surface area (Å²) in [6, 6.07) is 6.30. The third-order valence-electron chi connectivity index (χ3n) is 4.54. The van der Waals surface area contributed by atoms with Crippen LogP contribution < -0.4 is 0 Å². The van der Waals surface area contributed by atoms with Crippen LogP contribution in [0.5, 0.6) is 5.75 Å². The molecule has 21 heavy (non-hydrogen) atoms. The van der Waals surface area contributed by atoms with E-state index in [4.69, 9.17) is 22.0 Å². The minimum atomic E-state index is -0.826. The van der Waals surface area contributed by atoms with Crippen molar-refractivity contribution in [2.24, 2.45) is 16.8 Å². The second-order valence-electron chi connectivity index (χ2n) is 6.03. The van der Waals surface area contributed by atoms with E-state index >= 15 is 0 Å². The fraction of sp³-hybridized carbons (Fsp3) is 0.562. The van der Waals surface area contributed by atoms with Gasteiger partial charge in [0.15, 0.2) is 0 Å². The summed E-state index contributed by atoms with van der Waals surface area (Å²) in [6.07, 6.45) is 8.56. The fourth-order valence-electron chi connectivity index (χ4n) is 3.34. The van der Waals surface area contributed by atoms with Crippen LogP contribution in [0.2, 0.25) is 0 Å². The van der Waals surface area contributed by atoms with E-state index in [-0.39, 0.29) is 0 Å². The Bertz CT molecular complexity index is 489. The number of aliphatic imine (C=N–C) groups is 1. The summed E-state index contributed by atoms with van der Waals surface area (Å²) >= 11 is -0.826. The second kappa shape index (κ2) is 8.70. The fourth-order valence-corrected chi connectivity index (χ4v) is 3.34. The van der Waals surface area contributed by atoms with Gasteiger partial charge in [-0.25, -0.2) is 0 Å². The summed E-state index contributed by atoms with van der Waals surface area (Å²) in [7, 11) is 9.87. The first-order chi connectivity index (χ1) is 10.1. The number of aromatic hydroxyl groups is 1. The van der Waals surface area contributed by atoms with Gasteiger partial charge in [0, 0.05) is 11.8 Å². The molecule has 1 N–H and O–H groups in total. The van der Waals surface area contributed by atoms with Crippen LogP contribution in [0.4, 0.5) is 0 Å². The predicted octanol–water partition coefficient (Wildman–Crippen LogP) is 5.07. The van der Waals surface area contributed by atoms with Crippen molar-refractivity contribution in [1.82, 2.24) is 0 Å². The average molecular weight is 405 g/mol. The Morgan fingerprint density at radius 3 is 2.62 bits per heavy atom. The molecule has 3 aliphatic carbocycles. The maximum absolute atomic E-state index is 9.95. The average Bonchev–Trinajstić information content (AvgIpc) is 2.74. The summed E-state index contributed by atoms with van der Waals surface area (Å²) < 4.78 is 0. The molecule has 1 aromatic rings. The van der Waals surface area contributed by atoms with E-state index < -0.39 is 20.8 Å². The molecule has 1 aromatic carbocycles. The zero-order valence-electron chi connectivity index (χ0n) is 12.2. The SMILES string of the molecule is Cc1cccc(C=NC2CCC3CC(C3)C2)c1O.[Cl][Zr][Cl]. The van der Waals surface area contributed by atoms with Gasteiger partial charge in [0.25, 0.3) is 0 Å². The first kappa shape index (κ1) is 17.5. The van der Waals surface area contributed by atoms with Gasteiger partial charge in [-0.3, -0.25) is 4.99 Å². The Hall–Kier alpha value is 0.153. The molecule has 4 rings (SSSR count). The van der Waals surface area contributed by atoms with Crippen molar-refractivity contribution in [2.75, 3.05) is 0 Å². The number of phenolic OH excluding ortho intramolecular Hbond substituents is 1. The van der Waals surface area contributed by atoms with Gasteiger partial charge >= 0.3 is 37.9 Å². The van der Waals surface area contributed by atoms with Crippen LogP contribution in [0.25, 0.3) is 0 Å². The maximum atomic E-state index is 9.95. The molecule has 114 valence electrons. The molecule has 0 heterocycles. The van der Waals surface area contributed by atoms with Crippen LogP contribution >= 0.6 is 17.0 Å². The quantitative estimate of drug-likeness (QED) is 0.684. The van der Waals surface area contributed by atoms with E-state index in [9.17, 15) is 5.11 Å². The monoisotopic (exact) mass is 403 g/mol. The molecule has 0 amide bonds. The topological polar surface area (TPSA) is 32.6 Å². The summed E-state index contributed by atoms with van der Waals surface area (Å²) in [5, 5.41) is 9.95. The standard InChI is InChI=1S/C16H21NO.2ClH.Zr/c1-11-3-2-4-14(16(11)18)10-17-15-6-5-12-7-13(8-12)9-15;;;/h2-4,10,12-13,15,18H,5-9H2,1H3;2*1H;/q;;;+2/p-2. The van der Waals surface area contributed by atoms with Crippen LogP contribution in [-0.4, -0.2) is 17.4 Å². The van der Waals surface area contributed by atoms with Gasteiger partial charge in [-0.1, -0.05) is 12.1 Å². The van der Waals surface area contributed by atoms with E-state index in [1.54, 1.807) is 0 Å². The second-order valence-corrected chi connectivity index (χ2v) is 9.76. The first-order valence-electron chi connectivity index (χ1n) is 7.42. The zero-order chi connectivity index (χ0) is 15.2. The molecule has 2 bridgehead atoms. The van der Waals surface area contributed by atoms with E-state index in [2.05, 4.69) is 0 Å². The summed E-state index contributed by atoms with van der Waals surface area (Å²) in [5.74, 6) is 2.28. The van der Waals surface area contributed by atoms with Gasteiger partial charge in [-0.15, -0.1) is 0 Å². The number of para-hydroxylation sites is 1. The Labute approximate surface area is 145 Å². The van der Waals surface area contributed by atoms with E-state index in [1.165, 1.54) is 32.1 Å². The van der Waals surface area contributed by atoms with Crippen molar-refractivity contribution in [3.05, 3.63) is 29.3 Å². The van der Waals surface area contributed by atoms with E-state index in [0.717, 1.165) is 23.0 Å². The number of hydrogen-bond acceptors (Lipinski definition) is 2. The Balaban J connectivity index is 0.000000497. The molecule has 0 spiro atoms. The molecular weight excluding hydrogens is 384 g/mol. The molecule has 5 heteroatoms. The van der Waals surface area contributed by atoms with Crippen LogP contribution in [-0.2, 0) is 20.8 Å². The van der Waals surface area contributed by atoms with Crippen molar-refractivity contribution >= 4 is 23.2 Å². The first-order valence-corrected chi connectivity index (χ1v) is 13.7. The van der Waals surface area contributed by atoms with Gasteiger partial charge in [-0.2, -0.15) is 0 Å². The molecule has 3 fully saturated rings. The number of aryl methyl sites for hydroxylation is 1. The van der Waals surface area contributed by atoms with Crippen LogP contribution in [0.1, 0.15) is 43.2 Å². The molecule has 3 saturated carbocycles. The Kier molecular flexibility index (Phi) is 7.25. The number of nitrogens with zero attached hydrogens (tertiary/aromatic N) is 1. The van der Waals surface area contributed by atoms with Crippen molar-refractivity contribution in [2.45, 2.75) is 45.1 Å². The minimum absolute atomic E-state index is 0.374.